The van der Waals surface area contributed by atoms with Crippen LogP contribution in [0, 0.1) is 0 Å². The second-order valence-corrected chi connectivity index (χ2v) is 5.62. The summed E-state index contributed by atoms with van der Waals surface area (Å²) in [6, 6.07) is 8.37. The number of benzene rings is 1. The fourth-order valence-electron chi connectivity index (χ4n) is 2.17. The fourth-order valence-corrected chi connectivity index (χ4v) is 2.62. The van der Waals surface area contributed by atoms with Crippen LogP contribution in [0.3, 0.4) is 0 Å². The van der Waals surface area contributed by atoms with E-state index in [0.717, 1.165) is 36.1 Å². The van der Waals surface area contributed by atoms with Gasteiger partial charge in [-0.05, 0) is 24.1 Å². The van der Waals surface area contributed by atoms with Crippen molar-refractivity contribution >= 4 is 21.8 Å². The standard InChI is InChI=1S/C14H19BrN2O/c1-2-6-17(13-9-16-10-13)14(18)8-11-4-3-5-12(15)7-11/h3-5,7,13,16H,2,6,8-10H2,1H3. The quantitative estimate of drug-likeness (QED) is 0.904. The van der Waals surface area contributed by atoms with Crippen molar-refractivity contribution < 1.29 is 4.79 Å². The minimum absolute atomic E-state index is 0.237. The summed E-state index contributed by atoms with van der Waals surface area (Å²) in [6.07, 6.45) is 1.51. The molecular weight excluding hydrogens is 292 g/mol. The van der Waals surface area contributed by atoms with Crippen LogP contribution in [0.2, 0.25) is 0 Å². The molecule has 18 heavy (non-hydrogen) atoms. The lowest BCUT2D eigenvalue weighted by molar-refractivity contribution is -0.133. The molecule has 1 aliphatic rings. The van der Waals surface area contributed by atoms with Gasteiger partial charge in [-0.15, -0.1) is 0 Å². The van der Waals surface area contributed by atoms with Gasteiger partial charge in [-0.2, -0.15) is 0 Å². The molecule has 1 aromatic rings. The molecule has 1 saturated heterocycles. The van der Waals surface area contributed by atoms with Crippen LogP contribution < -0.4 is 5.32 Å². The molecule has 1 heterocycles. The first kappa shape index (κ1) is 13.6. The number of hydrogen-bond donors (Lipinski definition) is 1. The first-order valence-corrected chi connectivity index (χ1v) is 7.24. The van der Waals surface area contributed by atoms with Gasteiger partial charge in [0.15, 0.2) is 0 Å². The molecule has 0 radical (unpaired) electrons. The largest absolute Gasteiger partial charge is 0.337 e. The van der Waals surface area contributed by atoms with E-state index in [1.807, 2.05) is 29.2 Å². The van der Waals surface area contributed by atoms with Gasteiger partial charge < -0.3 is 10.2 Å². The molecule has 1 amide bonds. The van der Waals surface area contributed by atoms with Gasteiger partial charge in [0.25, 0.3) is 0 Å². The van der Waals surface area contributed by atoms with Gasteiger partial charge in [-0.1, -0.05) is 35.0 Å². The number of nitrogens with zero attached hydrogens (tertiary/aromatic N) is 1. The first-order chi connectivity index (χ1) is 8.70. The monoisotopic (exact) mass is 310 g/mol. The zero-order valence-electron chi connectivity index (χ0n) is 10.7. The minimum Gasteiger partial charge on any atom is -0.337 e. The maximum Gasteiger partial charge on any atom is 0.227 e. The number of carbonyl (C=O) groups excluding carboxylic acids is 1. The molecular formula is C14H19BrN2O. The third-order valence-electron chi connectivity index (χ3n) is 3.23. The Kier molecular flexibility index (Phi) is 4.78. The van der Waals surface area contributed by atoms with Crippen molar-refractivity contribution in [3.05, 3.63) is 34.3 Å². The summed E-state index contributed by atoms with van der Waals surface area (Å²) in [7, 11) is 0. The van der Waals surface area contributed by atoms with Crippen LogP contribution >= 0.6 is 15.9 Å². The van der Waals surface area contributed by atoms with Crippen molar-refractivity contribution in [3.63, 3.8) is 0 Å². The van der Waals surface area contributed by atoms with E-state index in [9.17, 15) is 4.79 Å². The third-order valence-corrected chi connectivity index (χ3v) is 3.72. The number of nitrogens with one attached hydrogen (secondary N) is 1. The number of amides is 1. The van der Waals surface area contributed by atoms with E-state index in [0.29, 0.717) is 12.5 Å². The number of carbonyl (C=O) groups is 1. The summed E-state index contributed by atoms with van der Waals surface area (Å²) < 4.78 is 1.03. The zero-order chi connectivity index (χ0) is 13.0. The number of rotatable bonds is 5. The van der Waals surface area contributed by atoms with E-state index in [2.05, 4.69) is 28.2 Å². The Bertz CT molecular complexity index is 418. The van der Waals surface area contributed by atoms with Crippen molar-refractivity contribution in [3.8, 4) is 0 Å². The number of halogens is 1. The second-order valence-electron chi connectivity index (χ2n) is 4.71. The molecule has 1 aromatic carbocycles. The normalized spacial score (nSPS) is 15.2. The van der Waals surface area contributed by atoms with E-state index < -0.39 is 0 Å². The summed E-state index contributed by atoms with van der Waals surface area (Å²) in [6.45, 7) is 4.85. The van der Waals surface area contributed by atoms with Crippen LogP contribution in [-0.2, 0) is 11.2 Å². The van der Waals surface area contributed by atoms with Gasteiger partial charge >= 0.3 is 0 Å². The van der Waals surface area contributed by atoms with Gasteiger partial charge in [0.2, 0.25) is 5.91 Å². The lowest BCUT2D eigenvalue weighted by atomic mass is 10.1. The Balaban J connectivity index is 2.00. The van der Waals surface area contributed by atoms with Crippen LogP contribution in [0.4, 0.5) is 0 Å². The highest BCUT2D eigenvalue weighted by molar-refractivity contribution is 9.10. The smallest absolute Gasteiger partial charge is 0.227 e. The van der Waals surface area contributed by atoms with Crippen LogP contribution in [0.15, 0.2) is 28.7 Å². The molecule has 0 spiro atoms. The van der Waals surface area contributed by atoms with Crippen molar-refractivity contribution in [2.45, 2.75) is 25.8 Å². The van der Waals surface area contributed by atoms with Gasteiger partial charge in [-0.25, -0.2) is 0 Å². The van der Waals surface area contributed by atoms with Gasteiger partial charge in [0.05, 0.1) is 12.5 Å². The van der Waals surface area contributed by atoms with Crippen LogP contribution in [0.5, 0.6) is 0 Å². The lowest BCUT2D eigenvalue weighted by Crippen LogP contribution is -2.59. The summed E-state index contributed by atoms with van der Waals surface area (Å²) in [4.78, 5) is 14.4. The zero-order valence-corrected chi connectivity index (χ0v) is 12.2. The highest BCUT2D eigenvalue weighted by Gasteiger charge is 2.27. The highest BCUT2D eigenvalue weighted by Crippen LogP contribution is 2.14. The Hall–Kier alpha value is -0.870. The molecule has 2 rings (SSSR count). The lowest BCUT2D eigenvalue weighted by Gasteiger charge is -2.38. The molecule has 3 nitrogen and oxygen atoms in total. The van der Waals surface area contributed by atoms with E-state index in [1.54, 1.807) is 0 Å². The molecule has 0 saturated carbocycles. The summed E-state index contributed by atoms with van der Waals surface area (Å²) >= 11 is 3.44. The second kappa shape index (κ2) is 6.34. The molecule has 0 aromatic heterocycles. The van der Waals surface area contributed by atoms with Crippen LogP contribution in [0.25, 0.3) is 0 Å². The molecule has 0 aliphatic carbocycles. The minimum atomic E-state index is 0.237. The predicted octanol–water partition coefficient (Wildman–Crippen LogP) is 2.20. The first-order valence-electron chi connectivity index (χ1n) is 6.45. The van der Waals surface area contributed by atoms with Crippen molar-refractivity contribution in [1.82, 2.24) is 10.2 Å². The van der Waals surface area contributed by atoms with Crippen molar-refractivity contribution in [1.29, 1.82) is 0 Å². The predicted molar refractivity (Wildman–Crippen MR) is 76.5 cm³/mol. The molecule has 1 aliphatic heterocycles. The molecule has 0 bridgehead atoms. The van der Waals surface area contributed by atoms with Crippen molar-refractivity contribution in [2.24, 2.45) is 0 Å². The molecule has 0 unspecified atom stereocenters. The number of hydrogen-bond acceptors (Lipinski definition) is 2. The maximum atomic E-state index is 12.3. The Labute approximate surface area is 117 Å². The van der Waals surface area contributed by atoms with E-state index in [1.165, 1.54) is 0 Å². The third kappa shape index (κ3) is 3.33. The SMILES string of the molecule is CCCN(C(=O)Cc1cccc(Br)c1)C1CNC1. The Morgan fingerprint density at radius 1 is 1.50 bits per heavy atom. The van der Waals surface area contributed by atoms with Gasteiger partial charge in [0.1, 0.15) is 0 Å². The Morgan fingerprint density at radius 3 is 2.83 bits per heavy atom. The molecule has 4 heteroatoms. The van der Waals surface area contributed by atoms with Gasteiger partial charge in [0, 0.05) is 24.1 Å². The fraction of sp³-hybridized carbons (Fsp3) is 0.500. The topological polar surface area (TPSA) is 32.3 Å². The summed E-state index contributed by atoms with van der Waals surface area (Å²) in [5.74, 6) is 0.237. The van der Waals surface area contributed by atoms with Gasteiger partial charge in [-0.3, -0.25) is 4.79 Å². The van der Waals surface area contributed by atoms with Crippen LogP contribution in [-0.4, -0.2) is 36.5 Å². The average Bonchev–Trinajstić information content (AvgIpc) is 2.26. The van der Waals surface area contributed by atoms with Crippen molar-refractivity contribution in [2.75, 3.05) is 19.6 Å². The molecule has 1 fully saturated rings. The molecule has 0 atom stereocenters. The van der Waals surface area contributed by atoms with E-state index >= 15 is 0 Å². The van der Waals surface area contributed by atoms with E-state index in [4.69, 9.17) is 0 Å². The molecule has 98 valence electrons. The summed E-state index contributed by atoms with van der Waals surface area (Å²) in [5.41, 5.74) is 1.07. The molecule has 1 N–H and O–H groups in total. The highest BCUT2D eigenvalue weighted by atomic mass is 79.9. The van der Waals surface area contributed by atoms with E-state index in [-0.39, 0.29) is 5.91 Å². The average molecular weight is 311 g/mol. The van der Waals surface area contributed by atoms with Crippen LogP contribution in [0.1, 0.15) is 18.9 Å². The summed E-state index contributed by atoms with van der Waals surface area (Å²) in [5, 5.41) is 3.23. The maximum absolute atomic E-state index is 12.3. The Morgan fingerprint density at radius 2 is 2.28 bits per heavy atom.